The maximum Gasteiger partial charge on any atom is 0.250 e. The highest BCUT2D eigenvalue weighted by Crippen LogP contribution is 2.31. The Hall–Kier alpha value is -2.34. The van der Waals surface area contributed by atoms with Gasteiger partial charge in [0.1, 0.15) is 6.04 Å². The van der Waals surface area contributed by atoms with Gasteiger partial charge in [0.15, 0.2) is 0 Å². The van der Waals surface area contributed by atoms with Gasteiger partial charge in [-0.15, -0.1) is 0 Å². The molecule has 0 saturated heterocycles. The molecule has 1 aliphatic heterocycles. The molecular weight excluding hydrogens is 372 g/mol. The first-order valence-corrected chi connectivity index (χ1v) is 11.5. The van der Waals surface area contributed by atoms with Crippen molar-refractivity contribution in [3.63, 3.8) is 0 Å². The second-order valence-electron chi connectivity index (χ2n) is 7.47. The number of carbonyl (C=O) groups is 1. The highest BCUT2D eigenvalue weighted by Gasteiger charge is 2.36. The third-order valence-electron chi connectivity index (χ3n) is 5.43. The maximum absolute atomic E-state index is 13.5. The number of fused-ring (bicyclic) bond motifs is 1. The molecule has 2 aromatic carbocycles. The lowest BCUT2D eigenvalue weighted by Crippen LogP contribution is -2.52. The van der Waals surface area contributed by atoms with Crippen molar-refractivity contribution in [1.29, 1.82) is 0 Å². The number of amides is 1. The Labute approximate surface area is 168 Å². The first kappa shape index (κ1) is 20.4. The Morgan fingerprint density at radius 2 is 1.86 bits per heavy atom. The molecule has 3 rings (SSSR count). The number of benzene rings is 2. The summed E-state index contributed by atoms with van der Waals surface area (Å²) in [5, 5.41) is 0. The normalized spacial score (nSPS) is 15.1. The number of para-hydroxylation sites is 1. The van der Waals surface area contributed by atoms with E-state index >= 15 is 0 Å². The van der Waals surface area contributed by atoms with Gasteiger partial charge in [-0.05, 0) is 68.0 Å². The third kappa shape index (κ3) is 3.92. The number of sulfonamides is 1. The molecule has 0 bridgehead atoms. The SMILES string of the molecule is CC[C@H](C(=O)N1CCCc2ccccc21)N(c1ccc(C)c(C)c1)S(C)(=O)=O. The molecular formula is C22H28N2O3S. The van der Waals surface area contributed by atoms with Crippen LogP contribution >= 0.6 is 0 Å². The Morgan fingerprint density at radius 1 is 1.14 bits per heavy atom. The van der Waals surface area contributed by atoms with Crippen molar-refractivity contribution >= 4 is 27.3 Å². The number of hydrogen-bond acceptors (Lipinski definition) is 3. The molecule has 6 heteroatoms. The van der Waals surface area contributed by atoms with E-state index in [2.05, 4.69) is 0 Å². The number of rotatable bonds is 5. The van der Waals surface area contributed by atoms with E-state index in [1.54, 1.807) is 11.0 Å². The molecule has 0 N–H and O–H groups in total. The lowest BCUT2D eigenvalue weighted by molar-refractivity contribution is -0.119. The van der Waals surface area contributed by atoms with Gasteiger partial charge < -0.3 is 4.90 Å². The van der Waals surface area contributed by atoms with Crippen LogP contribution in [0.3, 0.4) is 0 Å². The van der Waals surface area contributed by atoms with Gasteiger partial charge >= 0.3 is 0 Å². The molecule has 150 valence electrons. The monoisotopic (exact) mass is 400 g/mol. The molecule has 1 atom stereocenters. The molecule has 0 saturated carbocycles. The first-order valence-electron chi connectivity index (χ1n) is 9.70. The Morgan fingerprint density at radius 3 is 2.50 bits per heavy atom. The predicted molar refractivity (Wildman–Crippen MR) is 114 cm³/mol. The number of hydrogen-bond donors (Lipinski definition) is 0. The van der Waals surface area contributed by atoms with E-state index in [0.717, 1.165) is 35.2 Å². The van der Waals surface area contributed by atoms with E-state index < -0.39 is 16.1 Å². The second kappa shape index (κ2) is 7.95. The topological polar surface area (TPSA) is 57.7 Å². The van der Waals surface area contributed by atoms with Gasteiger partial charge in [-0.25, -0.2) is 8.42 Å². The lowest BCUT2D eigenvalue weighted by Gasteiger charge is -2.36. The van der Waals surface area contributed by atoms with Crippen molar-refractivity contribution in [2.24, 2.45) is 0 Å². The number of aryl methyl sites for hydroxylation is 3. The van der Waals surface area contributed by atoms with Crippen LogP contribution in [-0.4, -0.2) is 33.2 Å². The molecule has 2 aromatic rings. The average molecular weight is 401 g/mol. The number of nitrogens with zero attached hydrogens (tertiary/aromatic N) is 2. The zero-order valence-corrected chi connectivity index (χ0v) is 17.8. The van der Waals surface area contributed by atoms with Crippen LogP contribution in [0.2, 0.25) is 0 Å². The zero-order valence-electron chi connectivity index (χ0n) is 17.0. The smallest absolute Gasteiger partial charge is 0.250 e. The summed E-state index contributed by atoms with van der Waals surface area (Å²) in [5.41, 5.74) is 4.65. The van der Waals surface area contributed by atoms with Gasteiger partial charge in [0.05, 0.1) is 11.9 Å². The van der Waals surface area contributed by atoms with Crippen molar-refractivity contribution in [2.75, 3.05) is 22.0 Å². The van der Waals surface area contributed by atoms with E-state index in [1.807, 2.05) is 57.2 Å². The molecule has 0 fully saturated rings. The minimum atomic E-state index is -3.63. The summed E-state index contributed by atoms with van der Waals surface area (Å²) in [7, 11) is -3.63. The minimum absolute atomic E-state index is 0.168. The summed E-state index contributed by atoms with van der Waals surface area (Å²) in [5.74, 6) is -0.168. The predicted octanol–water partition coefficient (Wildman–Crippen LogP) is 3.83. The van der Waals surface area contributed by atoms with E-state index in [4.69, 9.17) is 0 Å². The molecule has 0 unspecified atom stereocenters. The van der Waals surface area contributed by atoms with Crippen molar-refractivity contribution in [2.45, 2.75) is 46.1 Å². The molecule has 1 heterocycles. The largest absolute Gasteiger partial charge is 0.310 e. The summed E-state index contributed by atoms with van der Waals surface area (Å²) in [6.45, 7) is 6.40. The fourth-order valence-electron chi connectivity index (χ4n) is 3.85. The number of anilines is 2. The third-order valence-corrected chi connectivity index (χ3v) is 6.61. The summed E-state index contributed by atoms with van der Waals surface area (Å²) in [6, 6.07) is 12.6. The maximum atomic E-state index is 13.5. The van der Waals surface area contributed by atoms with Crippen LogP contribution in [0.5, 0.6) is 0 Å². The van der Waals surface area contributed by atoms with Crippen LogP contribution in [0.25, 0.3) is 0 Å². The fourth-order valence-corrected chi connectivity index (χ4v) is 5.05. The Bertz CT molecular complexity index is 985. The van der Waals surface area contributed by atoms with Crippen LogP contribution in [0, 0.1) is 13.8 Å². The summed E-state index contributed by atoms with van der Waals surface area (Å²) >= 11 is 0. The van der Waals surface area contributed by atoms with Gasteiger partial charge in [0, 0.05) is 12.2 Å². The van der Waals surface area contributed by atoms with Crippen LogP contribution < -0.4 is 9.21 Å². The Kier molecular flexibility index (Phi) is 5.79. The van der Waals surface area contributed by atoms with Crippen molar-refractivity contribution < 1.29 is 13.2 Å². The minimum Gasteiger partial charge on any atom is -0.310 e. The summed E-state index contributed by atoms with van der Waals surface area (Å²) in [4.78, 5) is 15.3. The van der Waals surface area contributed by atoms with Crippen molar-refractivity contribution in [1.82, 2.24) is 0 Å². The van der Waals surface area contributed by atoms with Gasteiger partial charge in [0.25, 0.3) is 5.91 Å². The van der Waals surface area contributed by atoms with Crippen LogP contribution in [0.4, 0.5) is 11.4 Å². The van der Waals surface area contributed by atoms with Crippen LogP contribution in [0.15, 0.2) is 42.5 Å². The second-order valence-corrected chi connectivity index (χ2v) is 9.33. The molecule has 1 amide bonds. The van der Waals surface area contributed by atoms with Gasteiger partial charge in [-0.1, -0.05) is 31.2 Å². The summed E-state index contributed by atoms with van der Waals surface area (Å²) in [6.07, 6.45) is 3.38. The van der Waals surface area contributed by atoms with Gasteiger partial charge in [0.2, 0.25) is 10.0 Å². The van der Waals surface area contributed by atoms with E-state index in [0.29, 0.717) is 18.7 Å². The average Bonchev–Trinajstić information content (AvgIpc) is 2.66. The number of carbonyl (C=O) groups excluding carboxylic acids is 1. The Balaban J connectivity index is 2.04. The quantitative estimate of drug-likeness (QED) is 0.766. The molecule has 1 aliphatic rings. The fraction of sp³-hybridized carbons (Fsp3) is 0.409. The lowest BCUT2D eigenvalue weighted by atomic mass is 10.0. The molecule has 5 nitrogen and oxygen atoms in total. The van der Waals surface area contributed by atoms with Crippen LogP contribution in [-0.2, 0) is 21.2 Å². The molecule has 28 heavy (non-hydrogen) atoms. The van der Waals surface area contributed by atoms with Crippen molar-refractivity contribution in [3.8, 4) is 0 Å². The van der Waals surface area contributed by atoms with E-state index in [9.17, 15) is 13.2 Å². The molecule has 0 radical (unpaired) electrons. The van der Waals surface area contributed by atoms with E-state index in [1.165, 1.54) is 10.6 Å². The highest BCUT2D eigenvalue weighted by molar-refractivity contribution is 7.92. The van der Waals surface area contributed by atoms with E-state index in [-0.39, 0.29) is 5.91 Å². The van der Waals surface area contributed by atoms with Crippen molar-refractivity contribution in [3.05, 3.63) is 59.2 Å². The highest BCUT2D eigenvalue weighted by atomic mass is 32.2. The van der Waals surface area contributed by atoms with Gasteiger partial charge in [-0.3, -0.25) is 9.10 Å². The standard InChI is InChI=1S/C22H28N2O3S/c1-5-20(22(25)23-14-8-10-18-9-6-7-11-21(18)23)24(28(4,26)27)19-13-12-16(2)17(3)15-19/h6-7,9,11-13,15,20H,5,8,10,14H2,1-4H3/t20-/m1/s1. The molecule has 0 aliphatic carbocycles. The summed E-state index contributed by atoms with van der Waals surface area (Å²) < 4.78 is 26.7. The molecule has 0 aromatic heterocycles. The zero-order chi connectivity index (χ0) is 20.5. The molecule has 0 spiro atoms. The van der Waals surface area contributed by atoms with Gasteiger partial charge in [-0.2, -0.15) is 0 Å². The first-order chi connectivity index (χ1) is 13.2. The van der Waals surface area contributed by atoms with Crippen LogP contribution in [0.1, 0.15) is 36.5 Å².